The van der Waals surface area contributed by atoms with Crippen molar-refractivity contribution in [3.63, 3.8) is 0 Å². The minimum Gasteiger partial charge on any atom is -0.480 e. The van der Waals surface area contributed by atoms with Crippen molar-refractivity contribution in [2.24, 2.45) is 5.92 Å². The van der Waals surface area contributed by atoms with Crippen LogP contribution in [-0.2, 0) is 20.2 Å². The summed E-state index contributed by atoms with van der Waals surface area (Å²) in [7, 11) is -3.84. The number of rotatable bonds is 5. The number of benzene rings is 1. The number of hydrogen-bond acceptors (Lipinski definition) is 3. The molecule has 0 fully saturated rings. The third-order valence-corrected chi connectivity index (χ3v) is 4.70. The lowest BCUT2D eigenvalue weighted by atomic mass is 9.87. The summed E-state index contributed by atoms with van der Waals surface area (Å²) in [6, 6.07) is 5.36. The first-order valence-corrected chi connectivity index (χ1v) is 8.29. The Hall–Kier alpha value is -1.40. The van der Waals surface area contributed by atoms with Crippen LogP contribution in [0.4, 0.5) is 0 Å². The van der Waals surface area contributed by atoms with Crippen molar-refractivity contribution < 1.29 is 18.3 Å². The molecule has 0 amide bonds. The average molecular weight is 313 g/mol. The van der Waals surface area contributed by atoms with Gasteiger partial charge in [-0.15, -0.1) is 0 Å². The minimum atomic E-state index is -3.84. The first kappa shape index (κ1) is 17.7. The van der Waals surface area contributed by atoms with Gasteiger partial charge in [0.2, 0.25) is 10.0 Å². The second kappa shape index (κ2) is 6.15. The van der Waals surface area contributed by atoms with Crippen molar-refractivity contribution >= 4 is 16.0 Å². The summed E-state index contributed by atoms with van der Waals surface area (Å²) >= 11 is 0. The van der Waals surface area contributed by atoms with Crippen molar-refractivity contribution in [3.8, 4) is 0 Å². The minimum absolute atomic E-state index is 0.0717. The van der Waals surface area contributed by atoms with E-state index in [1.54, 1.807) is 26.0 Å². The predicted octanol–water partition coefficient (Wildman–Crippen LogP) is 2.37. The molecule has 1 atom stereocenters. The fraction of sp³-hybridized carbons (Fsp3) is 0.533. The van der Waals surface area contributed by atoms with E-state index in [4.69, 9.17) is 5.11 Å². The van der Waals surface area contributed by atoms with Crippen LogP contribution in [0, 0.1) is 5.92 Å². The van der Waals surface area contributed by atoms with Crippen LogP contribution in [-0.4, -0.2) is 25.5 Å². The number of carboxylic acid groups (broad SMARTS) is 1. The normalized spacial score (nSPS) is 14.2. The van der Waals surface area contributed by atoms with E-state index in [0.29, 0.717) is 0 Å². The molecule has 5 nitrogen and oxygen atoms in total. The molecule has 1 aromatic carbocycles. The summed E-state index contributed by atoms with van der Waals surface area (Å²) in [4.78, 5) is 11.2. The topological polar surface area (TPSA) is 83.5 Å². The molecule has 0 aliphatic carbocycles. The van der Waals surface area contributed by atoms with E-state index in [1.165, 1.54) is 12.1 Å². The van der Waals surface area contributed by atoms with Gasteiger partial charge in [0.15, 0.2) is 0 Å². The Morgan fingerprint density at radius 2 is 1.62 bits per heavy atom. The van der Waals surface area contributed by atoms with Crippen LogP contribution < -0.4 is 4.72 Å². The van der Waals surface area contributed by atoms with Crippen LogP contribution in [0.1, 0.15) is 40.2 Å². The molecular weight excluding hydrogens is 290 g/mol. The van der Waals surface area contributed by atoms with Crippen LogP contribution in [0.5, 0.6) is 0 Å². The van der Waals surface area contributed by atoms with E-state index in [1.807, 2.05) is 20.8 Å². The molecule has 0 saturated carbocycles. The fourth-order valence-electron chi connectivity index (χ4n) is 1.84. The van der Waals surface area contributed by atoms with Gasteiger partial charge in [-0.05, 0) is 29.0 Å². The quantitative estimate of drug-likeness (QED) is 0.874. The van der Waals surface area contributed by atoms with Gasteiger partial charge in [-0.25, -0.2) is 8.42 Å². The van der Waals surface area contributed by atoms with Gasteiger partial charge in [-0.2, -0.15) is 4.72 Å². The molecule has 6 heteroatoms. The smallest absolute Gasteiger partial charge is 0.322 e. The summed E-state index contributed by atoms with van der Waals surface area (Å²) in [5.41, 5.74) is 0.942. The SMILES string of the molecule is CC(C)C(NS(=O)(=O)c1ccc(C(C)(C)C)cc1)C(=O)O. The number of hydrogen-bond donors (Lipinski definition) is 2. The Labute approximate surface area is 126 Å². The van der Waals surface area contributed by atoms with E-state index in [9.17, 15) is 13.2 Å². The highest BCUT2D eigenvalue weighted by Gasteiger charge is 2.28. The van der Waals surface area contributed by atoms with Gasteiger partial charge in [0.05, 0.1) is 4.90 Å². The molecule has 0 aliphatic rings. The van der Waals surface area contributed by atoms with E-state index in [2.05, 4.69) is 4.72 Å². The molecule has 1 unspecified atom stereocenters. The molecule has 0 saturated heterocycles. The second-order valence-electron chi connectivity index (χ2n) is 6.46. The number of nitrogens with one attached hydrogen (secondary N) is 1. The van der Waals surface area contributed by atoms with Crippen molar-refractivity contribution in [3.05, 3.63) is 29.8 Å². The molecule has 2 N–H and O–H groups in total. The van der Waals surface area contributed by atoms with Gasteiger partial charge in [-0.1, -0.05) is 46.8 Å². The largest absolute Gasteiger partial charge is 0.480 e. The third-order valence-electron chi connectivity index (χ3n) is 3.25. The molecule has 21 heavy (non-hydrogen) atoms. The van der Waals surface area contributed by atoms with Crippen LogP contribution >= 0.6 is 0 Å². The van der Waals surface area contributed by atoms with E-state index >= 15 is 0 Å². The van der Waals surface area contributed by atoms with Crippen molar-refractivity contribution in [1.29, 1.82) is 0 Å². The third kappa shape index (κ3) is 4.54. The van der Waals surface area contributed by atoms with Crippen LogP contribution in [0.15, 0.2) is 29.2 Å². The van der Waals surface area contributed by atoms with Crippen molar-refractivity contribution in [2.45, 2.75) is 51.0 Å². The molecule has 118 valence electrons. The first-order chi connectivity index (χ1) is 9.45. The lowest BCUT2D eigenvalue weighted by Crippen LogP contribution is -2.44. The monoisotopic (exact) mass is 313 g/mol. The molecule has 0 radical (unpaired) electrons. The zero-order chi connectivity index (χ0) is 16.4. The Morgan fingerprint density at radius 1 is 1.14 bits per heavy atom. The predicted molar refractivity (Wildman–Crippen MR) is 81.7 cm³/mol. The van der Waals surface area contributed by atoms with Gasteiger partial charge in [0.25, 0.3) is 0 Å². The summed E-state index contributed by atoms with van der Waals surface area (Å²) in [6.45, 7) is 9.42. The van der Waals surface area contributed by atoms with E-state index < -0.39 is 22.0 Å². The first-order valence-electron chi connectivity index (χ1n) is 6.81. The highest BCUT2D eigenvalue weighted by Crippen LogP contribution is 2.23. The summed E-state index contributed by atoms with van der Waals surface area (Å²) < 4.78 is 26.7. The summed E-state index contributed by atoms with van der Waals surface area (Å²) in [5.74, 6) is -1.52. The lowest BCUT2D eigenvalue weighted by Gasteiger charge is -2.20. The lowest BCUT2D eigenvalue weighted by molar-refractivity contribution is -0.140. The molecular formula is C15H23NO4S. The van der Waals surface area contributed by atoms with Gasteiger partial charge in [-0.3, -0.25) is 4.79 Å². The number of sulfonamides is 1. The fourth-order valence-corrected chi connectivity index (χ4v) is 3.18. The zero-order valence-corrected chi connectivity index (χ0v) is 13.9. The van der Waals surface area contributed by atoms with Crippen molar-refractivity contribution in [2.75, 3.05) is 0 Å². The van der Waals surface area contributed by atoms with Crippen LogP contribution in [0.2, 0.25) is 0 Å². The number of aliphatic carboxylic acids is 1. The summed E-state index contributed by atoms with van der Waals surface area (Å²) in [5, 5.41) is 9.08. The van der Waals surface area contributed by atoms with Gasteiger partial charge in [0, 0.05) is 0 Å². The van der Waals surface area contributed by atoms with Gasteiger partial charge in [0.1, 0.15) is 6.04 Å². The maximum Gasteiger partial charge on any atom is 0.322 e. The molecule has 0 heterocycles. The average Bonchev–Trinajstić information content (AvgIpc) is 2.34. The van der Waals surface area contributed by atoms with E-state index in [0.717, 1.165) is 5.56 Å². The molecule has 0 bridgehead atoms. The molecule has 1 rings (SSSR count). The molecule has 1 aromatic rings. The van der Waals surface area contributed by atoms with Gasteiger partial charge >= 0.3 is 5.97 Å². The highest BCUT2D eigenvalue weighted by molar-refractivity contribution is 7.89. The van der Waals surface area contributed by atoms with Crippen molar-refractivity contribution in [1.82, 2.24) is 4.72 Å². The van der Waals surface area contributed by atoms with E-state index in [-0.39, 0.29) is 16.2 Å². The van der Waals surface area contributed by atoms with Gasteiger partial charge < -0.3 is 5.11 Å². The maximum atomic E-state index is 12.2. The Kier molecular flexibility index (Phi) is 5.17. The Morgan fingerprint density at radius 3 is 1.95 bits per heavy atom. The summed E-state index contributed by atoms with van der Waals surface area (Å²) in [6.07, 6.45) is 0. The maximum absolute atomic E-state index is 12.2. The number of carbonyl (C=O) groups is 1. The number of carboxylic acids is 1. The molecule has 0 aromatic heterocycles. The standard InChI is InChI=1S/C15H23NO4S/c1-10(2)13(14(17)18)16-21(19,20)12-8-6-11(7-9-12)15(3,4)5/h6-10,13,16H,1-5H3,(H,17,18). The Balaban J connectivity index is 3.06. The second-order valence-corrected chi connectivity index (χ2v) is 8.17. The molecule has 0 aliphatic heterocycles. The Bertz CT molecular complexity index is 598. The zero-order valence-electron chi connectivity index (χ0n) is 13.0. The van der Waals surface area contributed by atoms with Crippen LogP contribution in [0.3, 0.4) is 0 Å². The van der Waals surface area contributed by atoms with Crippen LogP contribution in [0.25, 0.3) is 0 Å². The molecule has 0 spiro atoms. The highest BCUT2D eigenvalue weighted by atomic mass is 32.2.